The van der Waals surface area contributed by atoms with E-state index in [-0.39, 0.29) is 0 Å². The van der Waals surface area contributed by atoms with Crippen molar-refractivity contribution in [2.75, 3.05) is 13.7 Å². The molecule has 0 aliphatic heterocycles. The van der Waals surface area contributed by atoms with Gasteiger partial charge in [0.15, 0.2) is 0 Å². The van der Waals surface area contributed by atoms with Crippen molar-refractivity contribution in [3.63, 3.8) is 0 Å². The second-order valence-electron chi connectivity index (χ2n) is 3.23. The lowest BCUT2D eigenvalue weighted by atomic mass is 9.96. The van der Waals surface area contributed by atoms with Gasteiger partial charge in [-0.3, -0.25) is 0 Å². The lowest BCUT2D eigenvalue weighted by Crippen LogP contribution is -2.11. The minimum absolute atomic E-state index is 0.374. The molecule has 0 spiro atoms. The number of ether oxygens (including phenoxy) is 1. The Morgan fingerprint density at radius 3 is 2.50 bits per heavy atom. The smallest absolute Gasteiger partial charge is 0.118 e. The van der Waals surface area contributed by atoms with Gasteiger partial charge in [0.25, 0.3) is 0 Å². The molecule has 0 radical (unpaired) electrons. The van der Waals surface area contributed by atoms with Crippen LogP contribution in [0.4, 0.5) is 0 Å². The Hall–Kier alpha value is -1.28. The zero-order valence-corrected chi connectivity index (χ0v) is 8.57. The molecule has 0 aliphatic rings. The number of hydrogen-bond acceptors (Lipinski definition) is 2. The van der Waals surface area contributed by atoms with Gasteiger partial charge >= 0.3 is 0 Å². The molecule has 0 aromatic heterocycles. The Bertz CT molecular complexity index is 279. The maximum Gasteiger partial charge on any atom is 0.118 e. The van der Waals surface area contributed by atoms with Gasteiger partial charge in [-0.05, 0) is 36.6 Å². The second kappa shape index (κ2) is 5.45. The van der Waals surface area contributed by atoms with Crippen molar-refractivity contribution < 1.29 is 4.74 Å². The van der Waals surface area contributed by atoms with Crippen LogP contribution in [0.25, 0.3) is 0 Å². The number of rotatable bonds is 5. The molecule has 0 amide bonds. The minimum atomic E-state index is 0.374. The third-order valence-corrected chi connectivity index (χ3v) is 2.32. The van der Waals surface area contributed by atoms with Crippen LogP contribution < -0.4 is 10.5 Å². The van der Waals surface area contributed by atoms with Gasteiger partial charge < -0.3 is 10.5 Å². The third-order valence-electron chi connectivity index (χ3n) is 2.32. The molecule has 1 unspecified atom stereocenters. The highest BCUT2D eigenvalue weighted by molar-refractivity contribution is 5.29. The highest BCUT2D eigenvalue weighted by Gasteiger charge is 2.07. The van der Waals surface area contributed by atoms with E-state index >= 15 is 0 Å². The summed E-state index contributed by atoms with van der Waals surface area (Å²) in [6.45, 7) is 4.38. The third kappa shape index (κ3) is 2.60. The molecule has 1 rings (SSSR count). The van der Waals surface area contributed by atoms with Crippen molar-refractivity contribution in [3.05, 3.63) is 42.5 Å². The fourth-order valence-corrected chi connectivity index (χ4v) is 1.45. The number of nitrogens with two attached hydrogens (primary N) is 1. The van der Waals surface area contributed by atoms with Gasteiger partial charge in [0.05, 0.1) is 7.11 Å². The van der Waals surface area contributed by atoms with E-state index in [9.17, 15) is 0 Å². The molecule has 2 N–H and O–H groups in total. The van der Waals surface area contributed by atoms with E-state index in [0.29, 0.717) is 12.5 Å². The highest BCUT2D eigenvalue weighted by Crippen LogP contribution is 2.21. The number of hydrogen-bond donors (Lipinski definition) is 1. The van der Waals surface area contributed by atoms with E-state index in [1.807, 2.05) is 18.2 Å². The molecular formula is C12H17NO. The van der Waals surface area contributed by atoms with E-state index in [2.05, 4.69) is 18.7 Å². The summed E-state index contributed by atoms with van der Waals surface area (Å²) in [4.78, 5) is 0. The predicted octanol–water partition coefficient (Wildman–Crippen LogP) is 2.31. The first-order valence-corrected chi connectivity index (χ1v) is 4.76. The van der Waals surface area contributed by atoms with Gasteiger partial charge in [0, 0.05) is 0 Å². The molecule has 0 saturated heterocycles. The van der Waals surface area contributed by atoms with Gasteiger partial charge in [-0.25, -0.2) is 0 Å². The Morgan fingerprint density at radius 1 is 1.43 bits per heavy atom. The van der Waals surface area contributed by atoms with Crippen molar-refractivity contribution in [3.8, 4) is 5.75 Å². The maximum absolute atomic E-state index is 5.68. The fraction of sp³-hybridized carbons (Fsp3) is 0.333. The summed E-state index contributed by atoms with van der Waals surface area (Å²) in [7, 11) is 1.67. The molecule has 0 aliphatic carbocycles. The van der Waals surface area contributed by atoms with Crippen molar-refractivity contribution in [1.82, 2.24) is 0 Å². The van der Waals surface area contributed by atoms with E-state index in [0.717, 1.165) is 12.2 Å². The Kier molecular flexibility index (Phi) is 4.20. The minimum Gasteiger partial charge on any atom is -0.497 e. The summed E-state index contributed by atoms with van der Waals surface area (Å²) < 4.78 is 5.09. The molecule has 0 saturated carbocycles. The summed E-state index contributed by atoms with van der Waals surface area (Å²) >= 11 is 0. The quantitative estimate of drug-likeness (QED) is 0.725. The molecule has 0 fully saturated rings. The standard InChI is InChI=1S/C12H17NO/c1-3-4-11(9-13)10-5-7-12(14-2)8-6-10/h3,5-8,11H,1,4,9,13H2,2H3. The summed E-state index contributed by atoms with van der Waals surface area (Å²) in [6.07, 6.45) is 2.82. The van der Waals surface area contributed by atoms with Gasteiger partial charge in [-0.1, -0.05) is 18.2 Å². The van der Waals surface area contributed by atoms with Crippen molar-refractivity contribution in [1.29, 1.82) is 0 Å². The molecule has 0 heterocycles. The van der Waals surface area contributed by atoms with Crippen LogP contribution >= 0.6 is 0 Å². The Balaban J connectivity index is 2.77. The van der Waals surface area contributed by atoms with Crippen LogP contribution in [0.3, 0.4) is 0 Å². The average molecular weight is 191 g/mol. The summed E-state index contributed by atoms with van der Waals surface area (Å²) in [5.41, 5.74) is 6.93. The number of allylic oxidation sites excluding steroid dienone is 1. The van der Waals surface area contributed by atoms with E-state index < -0.39 is 0 Å². The zero-order valence-electron chi connectivity index (χ0n) is 8.57. The normalized spacial score (nSPS) is 12.1. The predicted molar refractivity (Wildman–Crippen MR) is 59.6 cm³/mol. The first kappa shape index (κ1) is 10.8. The molecule has 1 aromatic carbocycles. The Morgan fingerprint density at radius 2 is 2.07 bits per heavy atom. The first-order chi connectivity index (χ1) is 6.81. The van der Waals surface area contributed by atoms with Crippen molar-refractivity contribution in [2.24, 2.45) is 5.73 Å². The Labute approximate surface area is 85.4 Å². The monoisotopic (exact) mass is 191 g/mol. The summed E-state index contributed by atoms with van der Waals surface area (Å²) in [5.74, 6) is 1.25. The molecular weight excluding hydrogens is 174 g/mol. The zero-order chi connectivity index (χ0) is 10.4. The van der Waals surface area contributed by atoms with Crippen LogP contribution in [0.15, 0.2) is 36.9 Å². The van der Waals surface area contributed by atoms with E-state index in [1.165, 1.54) is 5.56 Å². The second-order valence-corrected chi connectivity index (χ2v) is 3.23. The van der Waals surface area contributed by atoms with Crippen LogP contribution in [0.5, 0.6) is 5.75 Å². The topological polar surface area (TPSA) is 35.2 Å². The van der Waals surface area contributed by atoms with Crippen molar-refractivity contribution >= 4 is 0 Å². The number of methoxy groups -OCH3 is 1. The molecule has 0 bridgehead atoms. The molecule has 2 nitrogen and oxygen atoms in total. The van der Waals surface area contributed by atoms with E-state index in [4.69, 9.17) is 10.5 Å². The lowest BCUT2D eigenvalue weighted by molar-refractivity contribution is 0.414. The molecule has 14 heavy (non-hydrogen) atoms. The summed E-state index contributed by atoms with van der Waals surface area (Å²) in [5, 5.41) is 0. The molecule has 76 valence electrons. The van der Waals surface area contributed by atoms with Crippen molar-refractivity contribution in [2.45, 2.75) is 12.3 Å². The van der Waals surface area contributed by atoms with Crippen LogP contribution in [0, 0.1) is 0 Å². The van der Waals surface area contributed by atoms with Gasteiger partial charge in [-0.2, -0.15) is 0 Å². The van der Waals surface area contributed by atoms with Gasteiger partial charge in [-0.15, -0.1) is 6.58 Å². The van der Waals surface area contributed by atoms with Gasteiger partial charge in [0.2, 0.25) is 0 Å². The first-order valence-electron chi connectivity index (χ1n) is 4.76. The lowest BCUT2D eigenvalue weighted by Gasteiger charge is -2.13. The molecule has 1 aromatic rings. The van der Waals surface area contributed by atoms with Crippen LogP contribution in [-0.2, 0) is 0 Å². The van der Waals surface area contributed by atoms with Crippen LogP contribution in [-0.4, -0.2) is 13.7 Å². The van der Waals surface area contributed by atoms with Crippen LogP contribution in [0.1, 0.15) is 17.9 Å². The van der Waals surface area contributed by atoms with Crippen LogP contribution in [0.2, 0.25) is 0 Å². The number of benzene rings is 1. The SMILES string of the molecule is C=CCC(CN)c1ccc(OC)cc1. The fourth-order valence-electron chi connectivity index (χ4n) is 1.45. The highest BCUT2D eigenvalue weighted by atomic mass is 16.5. The molecule has 2 heteroatoms. The largest absolute Gasteiger partial charge is 0.497 e. The average Bonchev–Trinajstić information content (AvgIpc) is 2.26. The molecule has 1 atom stereocenters. The van der Waals surface area contributed by atoms with E-state index in [1.54, 1.807) is 7.11 Å². The maximum atomic E-state index is 5.68. The summed E-state index contributed by atoms with van der Waals surface area (Å²) in [6, 6.07) is 8.03. The van der Waals surface area contributed by atoms with Gasteiger partial charge in [0.1, 0.15) is 5.75 Å².